The molecule has 0 saturated carbocycles. The second-order valence-corrected chi connectivity index (χ2v) is 7.44. The van der Waals surface area contributed by atoms with Crippen molar-refractivity contribution in [1.82, 2.24) is 15.5 Å². The smallest absolute Gasteiger partial charge is 0.120 e. The summed E-state index contributed by atoms with van der Waals surface area (Å²) in [5, 5.41) is 14.5. The molecule has 0 bridgehead atoms. The summed E-state index contributed by atoms with van der Waals surface area (Å²) < 4.78 is 0. The van der Waals surface area contributed by atoms with E-state index < -0.39 is 0 Å². The second-order valence-electron chi connectivity index (χ2n) is 6.35. The van der Waals surface area contributed by atoms with Crippen molar-refractivity contribution in [3.8, 4) is 0 Å². The van der Waals surface area contributed by atoms with Gasteiger partial charge < -0.3 is 5.32 Å². The van der Waals surface area contributed by atoms with E-state index in [2.05, 4.69) is 57.1 Å². The lowest BCUT2D eigenvalue weighted by Gasteiger charge is -2.20. The van der Waals surface area contributed by atoms with Crippen LogP contribution < -0.4 is 5.32 Å². The van der Waals surface area contributed by atoms with Crippen molar-refractivity contribution in [2.75, 3.05) is 6.54 Å². The molecule has 1 unspecified atom stereocenters. The molecule has 18 heavy (non-hydrogen) atoms. The minimum atomic E-state index is 0.207. The fourth-order valence-electron chi connectivity index (χ4n) is 1.54. The molecule has 0 spiro atoms. The molecule has 1 aromatic heterocycles. The Morgan fingerprint density at radius 2 is 1.83 bits per heavy atom. The van der Waals surface area contributed by atoms with Crippen molar-refractivity contribution >= 4 is 11.3 Å². The molecular formula is C14H27N3S. The van der Waals surface area contributed by atoms with Gasteiger partial charge in [-0.3, -0.25) is 0 Å². The van der Waals surface area contributed by atoms with E-state index in [1.165, 1.54) is 10.0 Å². The quantitative estimate of drug-likeness (QED) is 0.802. The van der Waals surface area contributed by atoms with Crippen LogP contribution >= 0.6 is 11.3 Å². The summed E-state index contributed by atoms with van der Waals surface area (Å²) in [5.41, 5.74) is 0.207. The van der Waals surface area contributed by atoms with Crippen LogP contribution in [0.25, 0.3) is 0 Å². The molecule has 1 heterocycles. The normalized spacial score (nSPS) is 14.2. The average Bonchev–Trinajstić information content (AvgIpc) is 2.70. The second kappa shape index (κ2) is 6.62. The summed E-state index contributed by atoms with van der Waals surface area (Å²) in [6.07, 6.45) is 2.16. The molecule has 1 atom stereocenters. The highest BCUT2D eigenvalue weighted by molar-refractivity contribution is 7.11. The molecule has 104 valence electrons. The van der Waals surface area contributed by atoms with E-state index in [1.54, 1.807) is 11.3 Å². The first-order valence-electron chi connectivity index (χ1n) is 6.87. The van der Waals surface area contributed by atoms with Crippen LogP contribution in [0.4, 0.5) is 0 Å². The van der Waals surface area contributed by atoms with E-state index >= 15 is 0 Å². The third-order valence-electron chi connectivity index (χ3n) is 3.09. The van der Waals surface area contributed by atoms with E-state index in [9.17, 15) is 0 Å². The summed E-state index contributed by atoms with van der Waals surface area (Å²) in [6, 6.07) is 0. The average molecular weight is 269 g/mol. The molecule has 0 aliphatic carbocycles. The van der Waals surface area contributed by atoms with Crippen LogP contribution in [0.15, 0.2) is 0 Å². The predicted molar refractivity (Wildman–Crippen MR) is 79.2 cm³/mol. The summed E-state index contributed by atoms with van der Waals surface area (Å²) in [4.78, 5) is 0. The number of nitrogens with one attached hydrogen (secondary N) is 1. The molecule has 0 aliphatic heterocycles. The predicted octanol–water partition coefficient (Wildman–Crippen LogP) is 3.62. The molecule has 0 aromatic carbocycles. The zero-order valence-electron chi connectivity index (χ0n) is 12.6. The largest absolute Gasteiger partial charge is 0.312 e. The Morgan fingerprint density at radius 3 is 2.39 bits per heavy atom. The maximum absolute atomic E-state index is 4.31. The molecule has 0 fully saturated rings. The molecular weight excluding hydrogens is 242 g/mol. The van der Waals surface area contributed by atoms with E-state index in [0.29, 0.717) is 11.8 Å². The fourth-order valence-corrected chi connectivity index (χ4v) is 2.65. The highest BCUT2D eigenvalue weighted by Gasteiger charge is 2.15. The first kappa shape index (κ1) is 15.6. The topological polar surface area (TPSA) is 37.8 Å². The molecule has 1 aromatic rings. The van der Waals surface area contributed by atoms with Crippen molar-refractivity contribution in [2.45, 2.75) is 65.8 Å². The number of aromatic nitrogens is 2. The first-order chi connectivity index (χ1) is 8.29. The van der Waals surface area contributed by atoms with Gasteiger partial charge in [0.2, 0.25) is 0 Å². The summed E-state index contributed by atoms with van der Waals surface area (Å²) >= 11 is 1.78. The van der Waals surface area contributed by atoms with Gasteiger partial charge in [-0.1, -0.05) is 20.8 Å². The van der Waals surface area contributed by atoms with Crippen LogP contribution in [0, 0.1) is 5.92 Å². The minimum Gasteiger partial charge on any atom is -0.312 e. The van der Waals surface area contributed by atoms with Crippen LogP contribution in [0.5, 0.6) is 0 Å². The zero-order valence-corrected chi connectivity index (χ0v) is 13.4. The van der Waals surface area contributed by atoms with Gasteiger partial charge in [0.1, 0.15) is 10.0 Å². The Bertz CT molecular complexity index is 352. The molecule has 1 N–H and O–H groups in total. The van der Waals surface area contributed by atoms with Crippen LogP contribution in [-0.2, 0) is 6.42 Å². The van der Waals surface area contributed by atoms with E-state index in [-0.39, 0.29) is 5.54 Å². The first-order valence-corrected chi connectivity index (χ1v) is 7.68. The molecule has 0 aliphatic rings. The van der Waals surface area contributed by atoms with Gasteiger partial charge in [0, 0.05) is 17.9 Å². The SMILES string of the molecule is CC(C)C(C)c1nnc(CCCNC(C)(C)C)s1. The lowest BCUT2D eigenvalue weighted by atomic mass is 9.99. The van der Waals surface area contributed by atoms with Gasteiger partial charge in [-0.05, 0) is 39.7 Å². The lowest BCUT2D eigenvalue weighted by molar-refractivity contribution is 0.422. The van der Waals surface area contributed by atoms with Gasteiger partial charge in [-0.25, -0.2) is 0 Å². The maximum Gasteiger partial charge on any atom is 0.120 e. The summed E-state index contributed by atoms with van der Waals surface area (Å²) in [6.45, 7) is 14.3. The number of rotatable bonds is 6. The Balaban J connectivity index is 2.36. The van der Waals surface area contributed by atoms with E-state index in [0.717, 1.165) is 19.4 Å². The van der Waals surface area contributed by atoms with E-state index in [4.69, 9.17) is 0 Å². The van der Waals surface area contributed by atoms with Gasteiger partial charge in [0.25, 0.3) is 0 Å². The maximum atomic E-state index is 4.31. The van der Waals surface area contributed by atoms with Gasteiger partial charge in [0.15, 0.2) is 0 Å². The Hall–Kier alpha value is -0.480. The van der Waals surface area contributed by atoms with Crippen molar-refractivity contribution in [2.24, 2.45) is 5.92 Å². The zero-order chi connectivity index (χ0) is 13.8. The number of nitrogens with zero attached hydrogens (tertiary/aromatic N) is 2. The minimum absolute atomic E-state index is 0.207. The van der Waals surface area contributed by atoms with Crippen LogP contribution in [0.3, 0.4) is 0 Å². The lowest BCUT2D eigenvalue weighted by Crippen LogP contribution is -2.36. The fraction of sp³-hybridized carbons (Fsp3) is 0.857. The molecule has 0 radical (unpaired) electrons. The number of hydrogen-bond donors (Lipinski definition) is 1. The van der Waals surface area contributed by atoms with Crippen molar-refractivity contribution in [3.05, 3.63) is 10.0 Å². The Kier molecular flexibility index (Phi) is 5.73. The van der Waals surface area contributed by atoms with Gasteiger partial charge in [-0.15, -0.1) is 21.5 Å². The van der Waals surface area contributed by atoms with Crippen molar-refractivity contribution in [1.29, 1.82) is 0 Å². The third kappa shape index (κ3) is 5.44. The monoisotopic (exact) mass is 269 g/mol. The Morgan fingerprint density at radius 1 is 1.17 bits per heavy atom. The highest BCUT2D eigenvalue weighted by atomic mass is 32.1. The van der Waals surface area contributed by atoms with Crippen LogP contribution in [0.1, 0.15) is 63.9 Å². The molecule has 4 heteroatoms. The molecule has 0 saturated heterocycles. The van der Waals surface area contributed by atoms with Gasteiger partial charge in [0.05, 0.1) is 0 Å². The highest BCUT2D eigenvalue weighted by Crippen LogP contribution is 2.26. The molecule has 0 amide bonds. The summed E-state index contributed by atoms with van der Waals surface area (Å²) in [7, 11) is 0. The van der Waals surface area contributed by atoms with Crippen LogP contribution in [-0.4, -0.2) is 22.3 Å². The summed E-state index contributed by atoms with van der Waals surface area (Å²) in [5.74, 6) is 1.15. The number of aryl methyl sites for hydroxylation is 1. The molecule has 1 rings (SSSR count). The molecule has 3 nitrogen and oxygen atoms in total. The Labute approximate surface area is 115 Å². The van der Waals surface area contributed by atoms with Crippen LogP contribution in [0.2, 0.25) is 0 Å². The van der Waals surface area contributed by atoms with Gasteiger partial charge in [-0.2, -0.15) is 0 Å². The third-order valence-corrected chi connectivity index (χ3v) is 4.28. The number of hydrogen-bond acceptors (Lipinski definition) is 4. The van der Waals surface area contributed by atoms with Crippen molar-refractivity contribution in [3.63, 3.8) is 0 Å². The van der Waals surface area contributed by atoms with Gasteiger partial charge >= 0.3 is 0 Å². The van der Waals surface area contributed by atoms with E-state index in [1.807, 2.05) is 0 Å². The van der Waals surface area contributed by atoms with Crippen molar-refractivity contribution < 1.29 is 0 Å². The standard InChI is InChI=1S/C14H27N3S/c1-10(2)11(3)13-17-16-12(18-13)8-7-9-15-14(4,5)6/h10-11,15H,7-9H2,1-6H3.